The first-order valence-electron chi connectivity index (χ1n) is 4.84. The van der Waals surface area contributed by atoms with E-state index >= 15 is 0 Å². The quantitative estimate of drug-likeness (QED) is 0.772. The van der Waals surface area contributed by atoms with Crippen LogP contribution in [0.3, 0.4) is 0 Å². The Balaban J connectivity index is 1.99. The Labute approximate surface area is 87.5 Å². The molecule has 1 aromatic heterocycles. The lowest BCUT2D eigenvalue weighted by molar-refractivity contribution is 0.602. The van der Waals surface area contributed by atoms with E-state index in [0.29, 0.717) is 6.42 Å². The van der Waals surface area contributed by atoms with Gasteiger partial charge in [-0.05, 0) is 18.6 Å². The maximum atomic E-state index is 8.38. The highest BCUT2D eigenvalue weighted by molar-refractivity contribution is 5.76. The molecular formula is C11H11N3O. The Morgan fingerprint density at radius 2 is 2.40 bits per heavy atom. The highest BCUT2D eigenvalue weighted by atomic mass is 16.3. The molecule has 0 atom stereocenters. The van der Waals surface area contributed by atoms with Crippen molar-refractivity contribution in [2.75, 3.05) is 11.9 Å². The van der Waals surface area contributed by atoms with E-state index in [1.807, 2.05) is 18.2 Å². The third-order valence-corrected chi connectivity index (χ3v) is 2.13. The lowest BCUT2D eigenvalue weighted by Gasteiger charge is -2.03. The molecule has 1 heterocycles. The fourth-order valence-electron chi connectivity index (χ4n) is 1.37. The smallest absolute Gasteiger partial charge is 0.181 e. The summed E-state index contributed by atoms with van der Waals surface area (Å²) in [5, 5.41) is 11.6. The van der Waals surface area contributed by atoms with Crippen LogP contribution in [0.25, 0.3) is 11.1 Å². The molecule has 15 heavy (non-hydrogen) atoms. The highest BCUT2D eigenvalue weighted by Gasteiger charge is 1.99. The second-order valence-electron chi connectivity index (χ2n) is 3.22. The molecule has 0 aliphatic heterocycles. The van der Waals surface area contributed by atoms with Crippen LogP contribution in [-0.2, 0) is 0 Å². The van der Waals surface area contributed by atoms with E-state index in [2.05, 4.69) is 16.4 Å². The van der Waals surface area contributed by atoms with Crippen LogP contribution in [-0.4, -0.2) is 11.5 Å². The lowest BCUT2D eigenvalue weighted by atomic mass is 10.2. The molecule has 0 saturated carbocycles. The van der Waals surface area contributed by atoms with Crippen molar-refractivity contribution in [3.8, 4) is 6.07 Å². The second kappa shape index (κ2) is 4.47. The monoisotopic (exact) mass is 201 g/mol. The van der Waals surface area contributed by atoms with Crippen molar-refractivity contribution in [1.82, 2.24) is 4.98 Å². The molecule has 0 radical (unpaired) electrons. The van der Waals surface area contributed by atoms with Gasteiger partial charge in [-0.3, -0.25) is 0 Å². The summed E-state index contributed by atoms with van der Waals surface area (Å²) in [5.41, 5.74) is 2.63. The van der Waals surface area contributed by atoms with E-state index in [1.165, 1.54) is 6.39 Å². The third-order valence-electron chi connectivity index (χ3n) is 2.13. The first-order valence-corrected chi connectivity index (χ1v) is 4.84. The zero-order valence-corrected chi connectivity index (χ0v) is 8.23. The number of anilines is 1. The molecule has 0 aliphatic rings. The number of fused-ring (bicyclic) bond motifs is 1. The standard InChI is InChI=1S/C11H11N3O/c12-5-1-2-6-13-9-3-4-10-11(7-9)15-8-14-10/h3-4,7-8,13H,1-2,6H2. The minimum Gasteiger partial charge on any atom is -0.443 e. The van der Waals surface area contributed by atoms with E-state index < -0.39 is 0 Å². The average Bonchev–Trinajstić information content (AvgIpc) is 2.71. The fourth-order valence-corrected chi connectivity index (χ4v) is 1.37. The second-order valence-corrected chi connectivity index (χ2v) is 3.22. The van der Waals surface area contributed by atoms with Crippen LogP contribution in [0.5, 0.6) is 0 Å². The summed E-state index contributed by atoms with van der Waals surface area (Å²) < 4.78 is 5.18. The molecule has 76 valence electrons. The van der Waals surface area contributed by atoms with Gasteiger partial charge in [0.2, 0.25) is 0 Å². The average molecular weight is 201 g/mol. The maximum Gasteiger partial charge on any atom is 0.181 e. The molecule has 0 fully saturated rings. The van der Waals surface area contributed by atoms with Gasteiger partial charge >= 0.3 is 0 Å². The van der Waals surface area contributed by atoms with Gasteiger partial charge < -0.3 is 9.73 Å². The Hall–Kier alpha value is -2.02. The maximum absolute atomic E-state index is 8.38. The van der Waals surface area contributed by atoms with Gasteiger partial charge in [-0.2, -0.15) is 5.26 Å². The lowest BCUT2D eigenvalue weighted by Crippen LogP contribution is -2.00. The van der Waals surface area contributed by atoms with Crippen molar-refractivity contribution < 1.29 is 4.42 Å². The summed E-state index contributed by atoms with van der Waals surface area (Å²) in [5.74, 6) is 0. The molecule has 0 saturated heterocycles. The van der Waals surface area contributed by atoms with Gasteiger partial charge in [-0.15, -0.1) is 0 Å². The summed E-state index contributed by atoms with van der Waals surface area (Å²) in [7, 11) is 0. The predicted octanol–water partition coefficient (Wildman–Crippen LogP) is 2.54. The number of rotatable bonds is 4. The van der Waals surface area contributed by atoms with Crippen molar-refractivity contribution in [2.24, 2.45) is 0 Å². The number of aromatic nitrogens is 1. The van der Waals surface area contributed by atoms with Crippen molar-refractivity contribution in [2.45, 2.75) is 12.8 Å². The third kappa shape index (κ3) is 2.26. The Morgan fingerprint density at radius 1 is 1.47 bits per heavy atom. The first kappa shape index (κ1) is 9.53. The van der Waals surface area contributed by atoms with Crippen molar-refractivity contribution in [3.05, 3.63) is 24.6 Å². The fraction of sp³-hybridized carbons (Fsp3) is 0.273. The van der Waals surface area contributed by atoms with Crippen LogP contribution < -0.4 is 5.32 Å². The number of hydrogen-bond acceptors (Lipinski definition) is 4. The van der Waals surface area contributed by atoms with E-state index in [1.54, 1.807) is 0 Å². The molecule has 4 nitrogen and oxygen atoms in total. The van der Waals surface area contributed by atoms with Crippen LogP contribution >= 0.6 is 0 Å². The summed E-state index contributed by atoms with van der Waals surface area (Å²) >= 11 is 0. The number of unbranched alkanes of at least 4 members (excludes halogenated alkanes) is 1. The van der Waals surface area contributed by atoms with Crippen molar-refractivity contribution in [1.29, 1.82) is 5.26 Å². The summed E-state index contributed by atoms with van der Waals surface area (Å²) in [6.45, 7) is 0.799. The first-order chi connectivity index (χ1) is 7.40. The van der Waals surface area contributed by atoms with E-state index in [9.17, 15) is 0 Å². The molecule has 2 rings (SSSR count). The van der Waals surface area contributed by atoms with Crippen LogP contribution in [0.1, 0.15) is 12.8 Å². The van der Waals surface area contributed by atoms with Gasteiger partial charge in [0.05, 0.1) is 6.07 Å². The zero-order chi connectivity index (χ0) is 10.5. The number of benzene rings is 1. The molecule has 0 spiro atoms. The molecule has 0 unspecified atom stereocenters. The van der Waals surface area contributed by atoms with E-state index in [0.717, 1.165) is 29.8 Å². The molecule has 1 aromatic carbocycles. The van der Waals surface area contributed by atoms with Gasteiger partial charge in [0, 0.05) is 24.7 Å². The molecule has 4 heteroatoms. The molecule has 2 aromatic rings. The minimum absolute atomic E-state index is 0.581. The molecule has 0 aliphatic carbocycles. The minimum atomic E-state index is 0.581. The summed E-state index contributed by atoms with van der Waals surface area (Å²) in [6.07, 6.45) is 2.87. The zero-order valence-electron chi connectivity index (χ0n) is 8.23. The summed E-state index contributed by atoms with van der Waals surface area (Å²) in [6, 6.07) is 7.89. The van der Waals surface area contributed by atoms with Gasteiger partial charge in [0.1, 0.15) is 5.52 Å². The predicted molar refractivity (Wildman–Crippen MR) is 57.3 cm³/mol. The number of nitrogens with one attached hydrogen (secondary N) is 1. The number of nitriles is 1. The Bertz CT molecular complexity index is 484. The topological polar surface area (TPSA) is 61.9 Å². The van der Waals surface area contributed by atoms with Crippen LogP contribution in [0.2, 0.25) is 0 Å². The number of oxazole rings is 1. The SMILES string of the molecule is N#CCCCNc1ccc2ncoc2c1. The highest BCUT2D eigenvalue weighted by Crippen LogP contribution is 2.17. The van der Waals surface area contributed by atoms with Crippen molar-refractivity contribution >= 4 is 16.8 Å². The molecular weight excluding hydrogens is 190 g/mol. The van der Waals surface area contributed by atoms with E-state index in [-0.39, 0.29) is 0 Å². The Morgan fingerprint density at radius 3 is 3.27 bits per heavy atom. The molecule has 0 amide bonds. The largest absolute Gasteiger partial charge is 0.443 e. The van der Waals surface area contributed by atoms with Crippen LogP contribution in [0, 0.1) is 11.3 Å². The van der Waals surface area contributed by atoms with Gasteiger partial charge in [-0.1, -0.05) is 0 Å². The van der Waals surface area contributed by atoms with Gasteiger partial charge in [0.25, 0.3) is 0 Å². The molecule has 0 bridgehead atoms. The normalized spacial score (nSPS) is 10.1. The number of hydrogen-bond donors (Lipinski definition) is 1. The molecule has 1 N–H and O–H groups in total. The van der Waals surface area contributed by atoms with Crippen molar-refractivity contribution in [3.63, 3.8) is 0 Å². The summed E-state index contributed by atoms with van der Waals surface area (Å²) in [4.78, 5) is 4.03. The van der Waals surface area contributed by atoms with Crippen LogP contribution in [0.15, 0.2) is 29.0 Å². The van der Waals surface area contributed by atoms with Crippen LogP contribution in [0.4, 0.5) is 5.69 Å². The van der Waals surface area contributed by atoms with E-state index in [4.69, 9.17) is 9.68 Å². The van der Waals surface area contributed by atoms with Gasteiger partial charge in [0.15, 0.2) is 12.0 Å². The number of nitrogens with zero attached hydrogens (tertiary/aromatic N) is 2. The Kier molecular flexibility index (Phi) is 2.84. The van der Waals surface area contributed by atoms with Gasteiger partial charge in [-0.25, -0.2) is 4.98 Å².